The molecule has 2 rings (SSSR count). The molecule has 3 N–H and O–H groups in total. The number of hydrogen-bond donors (Lipinski definition) is 3. The monoisotopic (exact) mass is 317 g/mol. The molecule has 0 aliphatic carbocycles. The molecule has 5 nitrogen and oxygen atoms in total. The lowest BCUT2D eigenvalue weighted by Crippen LogP contribution is -2.37. The van der Waals surface area contributed by atoms with Crippen LogP contribution in [0.4, 0.5) is 5.69 Å². The van der Waals surface area contributed by atoms with E-state index in [1.165, 1.54) is 11.3 Å². The van der Waals surface area contributed by atoms with E-state index in [0.29, 0.717) is 22.7 Å². The van der Waals surface area contributed by atoms with Gasteiger partial charge in [0.25, 0.3) is 11.8 Å². The van der Waals surface area contributed by atoms with Gasteiger partial charge in [0.05, 0.1) is 16.1 Å². The number of hydrogen-bond acceptors (Lipinski definition) is 4. The minimum absolute atomic E-state index is 0.178. The van der Waals surface area contributed by atoms with Crippen LogP contribution >= 0.6 is 11.3 Å². The predicted octanol–water partition coefficient (Wildman–Crippen LogP) is 2.34. The van der Waals surface area contributed by atoms with Gasteiger partial charge in [-0.2, -0.15) is 0 Å². The Morgan fingerprint density at radius 1 is 1.14 bits per heavy atom. The lowest BCUT2D eigenvalue weighted by molar-refractivity contribution is 0.0951. The van der Waals surface area contributed by atoms with E-state index in [4.69, 9.17) is 0 Å². The number of amides is 2. The summed E-state index contributed by atoms with van der Waals surface area (Å²) in [5.74, 6) is -0.414. The van der Waals surface area contributed by atoms with Crippen molar-refractivity contribution in [3.05, 3.63) is 52.2 Å². The van der Waals surface area contributed by atoms with E-state index in [0.717, 1.165) is 0 Å². The molecular weight excluding hydrogens is 298 g/mol. The van der Waals surface area contributed by atoms with Crippen molar-refractivity contribution in [3.8, 4) is 0 Å². The zero-order chi connectivity index (χ0) is 15.9. The topological polar surface area (TPSA) is 70.2 Å². The molecule has 0 aliphatic rings. The number of rotatable bonds is 6. The van der Waals surface area contributed by atoms with Gasteiger partial charge < -0.3 is 16.0 Å². The van der Waals surface area contributed by atoms with Crippen LogP contribution in [0.2, 0.25) is 0 Å². The Hall–Kier alpha value is -2.18. The summed E-state index contributed by atoms with van der Waals surface area (Å²) in [6.07, 6.45) is 0. The van der Waals surface area contributed by atoms with Gasteiger partial charge in [-0.25, -0.2) is 0 Å². The lowest BCUT2D eigenvalue weighted by atomic mass is 10.1. The average molecular weight is 317 g/mol. The van der Waals surface area contributed by atoms with Crippen molar-refractivity contribution in [1.82, 2.24) is 10.6 Å². The highest BCUT2D eigenvalue weighted by atomic mass is 32.1. The first-order chi connectivity index (χ1) is 10.6. The maximum atomic E-state index is 12.3. The molecule has 0 saturated heterocycles. The van der Waals surface area contributed by atoms with Crippen molar-refractivity contribution < 1.29 is 9.59 Å². The highest BCUT2D eigenvalue weighted by Crippen LogP contribution is 2.17. The molecule has 0 fully saturated rings. The van der Waals surface area contributed by atoms with E-state index >= 15 is 0 Å². The Bertz CT molecular complexity index is 641. The molecule has 1 heterocycles. The highest BCUT2D eigenvalue weighted by Gasteiger charge is 2.14. The maximum absolute atomic E-state index is 12.3. The summed E-state index contributed by atoms with van der Waals surface area (Å²) in [5, 5.41) is 10.5. The number of carbonyl (C=O) groups excluding carboxylic acids is 2. The minimum atomic E-state index is -0.209. The van der Waals surface area contributed by atoms with Crippen molar-refractivity contribution in [2.45, 2.75) is 13.0 Å². The Labute approximate surface area is 133 Å². The molecule has 2 aromatic rings. The third-order valence-electron chi connectivity index (χ3n) is 3.23. The Balaban J connectivity index is 2.09. The molecular formula is C16H19N3O2S. The number of carbonyl (C=O) groups is 2. The molecule has 1 aromatic carbocycles. The van der Waals surface area contributed by atoms with Gasteiger partial charge in [-0.3, -0.25) is 9.59 Å². The lowest BCUT2D eigenvalue weighted by Gasteiger charge is -2.14. The number of benzene rings is 1. The van der Waals surface area contributed by atoms with E-state index in [-0.39, 0.29) is 17.9 Å². The summed E-state index contributed by atoms with van der Waals surface area (Å²) in [6, 6.07) is 10.7. The number of thiophene rings is 1. The van der Waals surface area contributed by atoms with Gasteiger partial charge in [-0.15, -0.1) is 11.3 Å². The van der Waals surface area contributed by atoms with Crippen molar-refractivity contribution in [1.29, 1.82) is 0 Å². The summed E-state index contributed by atoms with van der Waals surface area (Å²) < 4.78 is 0. The number of anilines is 1. The fraction of sp³-hybridized carbons (Fsp3) is 0.250. The van der Waals surface area contributed by atoms with E-state index in [9.17, 15) is 9.59 Å². The van der Waals surface area contributed by atoms with E-state index in [1.54, 1.807) is 30.3 Å². The van der Waals surface area contributed by atoms with Crippen molar-refractivity contribution in [2.24, 2.45) is 0 Å². The minimum Gasteiger partial charge on any atom is -0.350 e. The van der Waals surface area contributed by atoms with Crippen LogP contribution in [0, 0.1) is 0 Å². The Morgan fingerprint density at radius 3 is 2.59 bits per heavy atom. The fourth-order valence-electron chi connectivity index (χ4n) is 1.82. The summed E-state index contributed by atoms with van der Waals surface area (Å²) in [6.45, 7) is 2.49. The second-order valence-corrected chi connectivity index (χ2v) is 5.82. The molecule has 0 saturated carbocycles. The van der Waals surface area contributed by atoms with Crippen LogP contribution in [0.3, 0.4) is 0 Å². The zero-order valence-electron chi connectivity index (χ0n) is 12.6. The van der Waals surface area contributed by atoms with E-state index < -0.39 is 0 Å². The molecule has 1 aromatic heterocycles. The van der Waals surface area contributed by atoms with E-state index in [1.807, 2.05) is 25.4 Å². The Morgan fingerprint density at radius 2 is 1.91 bits per heavy atom. The SMILES string of the molecule is CNC(C)CNC(=O)c1ccccc1NC(=O)c1cccs1. The summed E-state index contributed by atoms with van der Waals surface area (Å²) >= 11 is 1.36. The van der Waals surface area contributed by atoms with Gasteiger partial charge in [0.1, 0.15) is 0 Å². The second-order valence-electron chi connectivity index (χ2n) is 4.88. The molecule has 1 unspecified atom stereocenters. The average Bonchev–Trinajstić information content (AvgIpc) is 3.07. The van der Waals surface area contributed by atoms with Crippen LogP contribution in [0.15, 0.2) is 41.8 Å². The molecule has 0 spiro atoms. The molecule has 0 radical (unpaired) electrons. The quantitative estimate of drug-likeness (QED) is 0.766. The van der Waals surface area contributed by atoms with Crippen LogP contribution in [0.25, 0.3) is 0 Å². The molecule has 2 amide bonds. The summed E-state index contributed by atoms with van der Waals surface area (Å²) in [4.78, 5) is 25.0. The van der Waals surface area contributed by atoms with Gasteiger partial charge in [0, 0.05) is 12.6 Å². The van der Waals surface area contributed by atoms with E-state index in [2.05, 4.69) is 16.0 Å². The van der Waals surface area contributed by atoms with Crippen LogP contribution in [-0.4, -0.2) is 31.4 Å². The number of likely N-dealkylation sites (N-methyl/N-ethyl adjacent to an activating group) is 1. The molecule has 22 heavy (non-hydrogen) atoms. The maximum Gasteiger partial charge on any atom is 0.265 e. The molecule has 1 atom stereocenters. The van der Waals surface area contributed by atoms with Gasteiger partial charge in [0.15, 0.2) is 0 Å². The smallest absolute Gasteiger partial charge is 0.265 e. The summed E-state index contributed by atoms with van der Waals surface area (Å²) in [7, 11) is 1.84. The number of nitrogens with one attached hydrogen (secondary N) is 3. The largest absolute Gasteiger partial charge is 0.350 e. The predicted molar refractivity (Wildman–Crippen MR) is 89.6 cm³/mol. The van der Waals surface area contributed by atoms with Crippen LogP contribution in [0.1, 0.15) is 27.0 Å². The van der Waals surface area contributed by atoms with Crippen molar-refractivity contribution in [2.75, 3.05) is 18.9 Å². The molecule has 116 valence electrons. The van der Waals surface area contributed by atoms with Crippen molar-refractivity contribution >= 4 is 28.8 Å². The van der Waals surface area contributed by atoms with Gasteiger partial charge in [-0.1, -0.05) is 18.2 Å². The molecule has 6 heteroatoms. The number of para-hydroxylation sites is 1. The van der Waals surface area contributed by atoms with Gasteiger partial charge in [0.2, 0.25) is 0 Å². The van der Waals surface area contributed by atoms with Gasteiger partial charge >= 0.3 is 0 Å². The van der Waals surface area contributed by atoms with Crippen LogP contribution in [-0.2, 0) is 0 Å². The third-order valence-corrected chi connectivity index (χ3v) is 4.10. The third kappa shape index (κ3) is 4.16. The van der Waals surface area contributed by atoms with Gasteiger partial charge in [-0.05, 0) is 37.6 Å². The first-order valence-electron chi connectivity index (χ1n) is 7.01. The normalized spacial score (nSPS) is 11.7. The molecule has 0 aliphatic heterocycles. The second kappa shape index (κ2) is 7.72. The Kier molecular flexibility index (Phi) is 5.68. The fourth-order valence-corrected chi connectivity index (χ4v) is 2.44. The first kappa shape index (κ1) is 16.2. The molecule has 0 bridgehead atoms. The van der Waals surface area contributed by atoms with Crippen molar-refractivity contribution in [3.63, 3.8) is 0 Å². The highest BCUT2D eigenvalue weighted by molar-refractivity contribution is 7.12. The zero-order valence-corrected chi connectivity index (χ0v) is 13.4. The summed E-state index contributed by atoms with van der Waals surface area (Å²) in [5.41, 5.74) is 0.964. The standard InChI is InChI=1S/C16H19N3O2S/c1-11(17-2)10-18-15(20)12-6-3-4-7-13(12)19-16(21)14-8-5-9-22-14/h3-9,11,17H,10H2,1-2H3,(H,18,20)(H,19,21). The van der Waals surface area contributed by atoms with Crippen LogP contribution < -0.4 is 16.0 Å². The van der Waals surface area contributed by atoms with Crippen LogP contribution in [0.5, 0.6) is 0 Å². The first-order valence-corrected chi connectivity index (χ1v) is 7.89.